The lowest BCUT2D eigenvalue weighted by atomic mass is 10.1. The Hall–Kier alpha value is -1.01. The number of alkyl halides is 2. The molecule has 0 radical (unpaired) electrons. The van der Waals surface area contributed by atoms with Crippen molar-refractivity contribution in [1.82, 2.24) is 14.9 Å². The summed E-state index contributed by atoms with van der Waals surface area (Å²) in [5, 5.41) is 0.0843. The first-order valence-electron chi connectivity index (χ1n) is 5.73. The average Bonchev–Trinajstić information content (AvgIpc) is 2.39. The molecular weight excluding hydrogens is 264 g/mol. The zero-order valence-corrected chi connectivity index (χ0v) is 11.3. The average molecular weight is 280 g/mol. The number of aromatic nitrogens is 2. The summed E-state index contributed by atoms with van der Waals surface area (Å²) in [4.78, 5) is 8.92. The van der Waals surface area contributed by atoms with Crippen molar-refractivity contribution in [2.75, 3.05) is 13.7 Å². The molecule has 1 aliphatic heterocycles. The molecule has 2 heterocycles. The normalized spacial score (nSPS) is 14.8. The largest absolute Gasteiger partial charge is 0.481 e. The molecule has 1 aliphatic rings. The molecule has 0 aliphatic carbocycles. The van der Waals surface area contributed by atoms with Gasteiger partial charge in [-0.05, 0) is 11.6 Å². The second-order valence-corrected chi connectivity index (χ2v) is 3.76. The fraction of sp³-hybridized carbons (Fsp3) is 0.636. The molecule has 0 unspecified atom stereocenters. The van der Waals surface area contributed by atoms with Crippen LogP contribution in [0.2, 0.25) is 5.28 Å². The lowest BCUT2D eigenvalue weighted by Gasteiger charge is -2.27. The van der Waals surface area contributed by atoms with Crippen molar-refractivity contribution in [3.8, 4) is 5.88 Å². The molecule has 18 heavy (non-hydrogen) atoms. The van der Waals surface area contributed by atoms with Crippen molar-refractivity contribution in [1.29, 1.82) is 0 Å². The van der Waals surface area contributed by atoms with Gasteiger partial charge in [-0.3, -0.25) is 0 Å². The van der Waals surface area contributed by atoms with E-state index in [0.717, 1.165) is 4.90 Å². The molecule has 0 aromatic carbocycles. The van der Waals surface area contributed by atoms with Crippen molar-refractivity contribution in [2.45, 2.75) is 33.4 Å². The smallest absolute Gasteiger partial charge is 0.295 e. The number of nitrogens with zero attached hydrogens (tertiary/aromatic N) is 3. The summed E-state index contributed by atoms with van der Waals surface area (Å²) in [5.74, 6) is 0.278. The van der Waals surface area contributed by atoms with Crippen LogP contribution in [-0.4, -0.2) is 35.1 Å². The van der Waals surface area contributed by atoms with E-state index in [0.29, 0.717) is 17.7 Å². The number of halogens is 3. The highest BCUT2D eigenvalue weighted by molar-refractivity contribution is 6.28. The van der Waals surface area contributed by atoms with Gasteiger partial charge in [-0.2, -0.15) is 13.8 Å². The first-order chi connectivity index (χ1) is 8.61. The molecule has 4 nitrogen and oxygen atoms in total. The van der Waals surface area contributed by atoms with E-state index in [-0.39, 0.29) is 24.3 Å². The predicted octanol–water partition coefficient (Wildman–Crippen LogP) is 2.75. The van der Waals surface area contributed by atoms with Crippen molar-refractivity contribution in [3.63, 3.8) is 0 Å². The van der Waals surface area contributed by atoms with Gasteiger partial charge in [-0.25, -0.2) is 9.88 Å². The third kappa shape index (κ3) is 3.26. The van der Waals surface area contributed by atoms with Gasteiger partial charge in [0.1, 0.15) is 0 Å². The monoisotopic (exact) mass is 279 g/mol. The summed E-state index contributed by atoms with van der Waals surface area (Å²) in [6.07, 6.45) is 0.429. The molecule has 2 rings (SSSR count). The van der Waals surface area contributed by atoms with E-state index in [4.69, 9.17) is 16.3 Å². The highest BCUT2D eigenvalue weighted by Crippen LogP contribution is 2.27. The molecule has 1 aromatic rings. The number of hydrogen-bond acceptors (Lipinski definition) is 4. The number of methoxy groups -OCH3 is 1. The minimum Gasteiger partial charge on any atom is -0.481 e. The van der Waals surface area contributed by atoms with Crippen LogP contribution < -0.4 is 4.74 Å². The number of fused-ring (bicyclic) bond motifs is 1. The van der Waals surface area contributed by atoms with Gasteiger partial charge in [0.2, 0.25) is 11.2 Å². The summed E-state index contributed by atoms with van der Waals surface area (Å²) in [7, 11) is 1.43. The molecular formula is C11H16ClF2N3O. The maximum atomic E-state index is 12.5. The van der Waals surface area contributed by atoms with Gasteiger partial charge in [0.05, 0.1) is 18.4 Å². The second kappa shape index (κ2) is 6.80. The van der Waals surface area contributed by atoms with Crippen molar-refractivity contribution >= 4 is 11.6 Å². The van der Waals surface area contributed by atoms with Gasteiger partial charge in [0, 0.05) is 19.5 Å². The Morgan fingerprint density at radius 1 is 1.33 bits per heavy atom. The van der Waals surface area contributed by atoms with E-state index in [9.17, 15) is 8.78 Å². The molecule has 0 saturated carbocycles. The summed E-state index contributed by atoms with van der Waals surface area (Å²) in [6, 6.07) is 0. The minimum absolute atomic E-state index is 0.0843. The standard InChI is InChI=1S/C9H10ClF2N3O.C2H6/c1-16-7-5-4-15(9(11)12)3-2-6(5)13-8(10)14-7;1-2/h9H,2-4H2,1H3;1-2H3. The van der Waals surface area contributed by atoms with E-state index in [1.165, 1.54) is 7.11 Å². The van der Waals surface area contributed by atoms with Crippen LogP contribution >= 0.6 is 11.6 Å². The maximum absolute atomic E-state index is 12.5. The molecule has 0 N–H and O–H groups in total. The molecule has 102 valence electrons. The highest BCUT2D eigenvalue weighted by Gasteiger charge is 2.27. The Bertz CT molecular complexity index is 387. The van der Waals surface area contributed by atoms with Gasteiger partial charge in [0.25, 0.3) is 6.55 Å². The van der Waals surface area contributed by atoms with Crippen molar-refractivity contribution in [3.05, 3.63) is 16.5 Å². The Morgan fingerprint density at radius 2 is 2.00 bits per heavy atom. The van der Waals surface area contributed by atoms with Gasteiger partial charge in [-0.1, -0.05) is 13.8 Å². The van der Waals surface area contributed by atoms with Crippen LogP contribution in [0.25, 0.3) is 0 Å². The fourth-order valence-corrected chi connectivity index (χ4v) is 1.89. The number of rotatable bonds is 2. The predicted molar refractivity (Wildman–Crippen MR) is 65.1 cm³/mol. The molecule has 7 heteroatoms. The Kier molecular flexibility index (Phi) is 5.68. The minimum atomic E-state index is -2.48. The molecule has 0 saturated heterocycles. The molecule has 0 fully saturated rings. The second-order valence-electron chi connectivity index (χ2n) is 3.43. The summed E-state index contributed by atoms with van der Waals surface area (Å²) < 4.78 is 30.1. The van der Waals surface area contributed by atoms with Crippen molar-refractivity contribution < 1.29 is 13.5 Å². The first kappa shape index (κ1) is 15.0. The summed E-state index contributed by atoms with van der Waals surface area (Å²) in [6.45, 7) is 1.88. The SMILES string of the molecule is CC.COc1nc(Cl)nc2c1CN(C(F)F)CC2. The van der Waals surface area contributed by atoms with Gasteiger partial charge in [-0.15, -0.1) is 0 Å². The van der Waals surface area contributed by atoms with E-state index in [1.54, 1.807) is 0 Å². The van der Waals surface area contributed by atoms with Crippen LogP contribution in [0.3, 0.4) is 0 Å². The number of hydrogen-bond donors (Lipinski definition) is 0. The molecule has 0 amide bonds. The Morgan fingerprint density at radius 3 is 2.56 bits per heavy atom. The third-order valence-corrected chi connectivity index (χ3v) is 2.66. The zero-order chi connectivity index (χ0) is 13.7. The van der Waals surface area contributed by atoms with Crippen LogP contribution in [0.5, 0.6) is 5.88 Å². The first-order valence-corrected chi connectivity index (χ1v) is 6.11. The number of ether oxygens (including phenoxy) is 1. The zero-order valence-electron chi connectivity index (χ0n) is 10.6. The molecule has 0 spiro atoms. The van der Waals surface area contributed by atoms with E-state index >= 15 is 0 Å². The Balaban J connectivity index is 0.000000771. The molecule has 1 aromatic heterocycles. The van der Waals surface area contributed by atoms with E-state index < -0.39 is 6.55 Å². The van der Waals surface area contributed by atoms with Crippen LogP contribution in [0, 0.1) is 0 Å². The summed E-state index contributed by atoms with van der Waals surface area (Å²) >= 11 is 5.70. The van der Waals surface area contributed by atoms with E-state index in [1.807, 2.05) is 13.8 Å². The van der Waals surface area contributed by atoms with Crippen LogP contribution in [0.4, 0.5) is 8.78 Å². The third-order valence-electron chi connectivity index (χ3n) is 2.49. The van der Waals surface area contributed by atoms with Gasteiger partial charge in [0.15, 0.2) is 0 Å². The molecule has 0 bridgehead atoms. The lowest BCUT2D eigenvalue weighted by Crippen LogP contribution is -2.35. The summed E-state index contributed by atoms with van der Waals surface area (Å²) in [5.41, 5.74) is 1.28. The fourth-order valence-electron chi connectivity index (χ4n) is 1.71. The van der Waals surface area contributed by atoms with Gasteiger partial charge < -0.3 is 4.74 Å². The van der Waals surface area contributed by atoms with Crippen LogP contribution in [-0.2, 0) is 13.0 Å². The van der Waals surface area contributed by atoms with Crippen LogP contribution in [0.15, 0.2) is 0 Å². The quantitative estimate of drug-likeness (QED) is 0.616. The van der Waals surface area contributed by atoms with Crippen LogP contribution in [0.1, 0.15) is 25.1 Å². The topological polar surface area (TPSA) is 38.3 Å². The molecule has 0 atom stereocenters. The van der Waals surface area contributed by atoms with E-state index in [2.05, 4.69) is 9.97 Å². The maximum Gasteiger partial charge on any atom is 0.295 e. The van der Waals surface area contributed by atoms with Crippen molar-refractivity contribution in [2.24, 2.45) is 0 Å². The van der Waals surface area contributed by atoms with Gasteiger partial charge >= 0.3 is 0 Å². The Labute approximate surface area is 110 Å². The highest BCUT2D eigenvalue weighted by atomic mass is 35.5. The lowest BCUT2D eigenvalue weighted by molar-refractivity contribution is -0.0364.